The molecule has 0 aliphatic carbocycles. The van der Waals surface area contributed by atoms with E-state index in [-0.39, 0.29) is 0 Å². The first-order valence-electron chi connectivity index (χ1n) is 8.19. The highest BCUT2D eigenvalue weighted by Crippen LogP contribution is 2.18. The fraction of sp³-hybridized carbons (Fsp3) is 0.812. The number of guanidine groups is 1. The summed E-state index contributed by atoms with van der Waals surface area (Å²) in [7, 11) is 1.82. The second-order valence-corrected chi connectivity index (χ2v) is 6.15. The van der Waals surface area contributed by atoms with Crippen LogP contribution in [0.25, 0.3) is 0 Å². The number of nitrogens with one attached hydrogen (secondary N) is 1. The van der Waals surface area contributed by atoms with E-state index < -0.39 is 5.60 Å². The zero-order valence-corrected chi connectivity index (χ0v) is 13.7. The van der Waals surface area contributed by atoms with Crippen LogP contribution in [0.5, 0.6) is 0 Å². The first-order valence-corrected chi connectivity index (χ1v) is 8.19. The molecule has 0 saturated carbocycles. The Balaban J connectivity index is 1.85. The molecule has 0 bridgehead atoms. The maximum absolute atomic E-state index is 10.4. The van der Waals surface area contributed by atoms with E-state index in [1.54, 1.807) is 0 Å². The molecule has 0 aromatic carbocycles. The lowest BCUT2D eigenvalue weighted by molar-refractivity contribution is 0.0362. The third kappa shape index (κ3) is 3.98. The maximum atomic E-state index is 10.4. The van der Waals surface area contributed by atoms with Crippen LogP contribution in [0, 0.1) is 0 Å². The highest BCUT2D eigenvalue weighted by atomic mass is 16.3. The second kappa shape index (κ2) is 7.27. The molecule has 2 heterocycles. The third-order valence-corrected chi connectivity index (χ3v) is 4.93. The van der Waals surface area contributed by atoms with Gasteiger partial charge in [-0.25, -0.2) is 0 Å². The van der Waals surface area contributed by atoms with Crippen molar-refractivity contribution in [2.75, 3.05) is 39.8 Å². The van der Waals surface area contributed by atoms with Crippen molar-refractivity contribution in [1.82, 2.24) is 15.1 Å². The molecular weight excluding hydrogens is 264 g/mol. The molecule has 120 valence electrons. The van der Waals surface area contributed by atoms with Gasteiger partial charge in [0.1, 0.15) is 0 Å². The number of likely N-dealkylation sites (tertiary alicyclic amines) is 1. The first-order chi connectivity index (χ1) is 10.1. The average Bonchev–Trinajstić information content (AvgIpc) is 3.18. The van der Waals surface area contributed by atoms with E-state index in [9.17, 15) is 5.11 Å². The zero-order valence-electron chi connectivity index (χ0n) is 13.7. The van der Waals surface area contributed by atoms with E-state index in [1.807, 2.05) is 20.9 Å². The van der Waals surface area contributed by atoms with Crippen LogP contribution >= 0.6 is 0 Å². The van der Waals surface area contributed by atoms with Crippen molar-refractivity contribution in [2.24, 2.45) is 4.99 Å². The lowest BCUT2D eigenvalue weighted by Crippen LogP contribution is -2.48. The largest absolute Gasteiger partial charge is 0.388 e. The van der Waals surface area contributed by atoms with Gasteiger partial charge in [0.25, 0.3) is 0 Å². The summed E-state index contributed by atoms with van der Waals surface area (Å²) in [4.78, 5) is 9.22. The molecule has 2 N–H and O–H groups in total. The van der Waals surface area contributed by atoms with Gasteiger partial charge in [0, 0.05) is 45.8 Å². The van der Waals surface area contributed by atoms with Gasteiger partial charge in [-0.1, -0.05) is 26.0 Å². The lowest BCUT2D eigenvalue weighted by atomic mass is 9.98. The zero-order chi connectivity index (χ0) is 15.3. The van der Waals surface area contributed by atoms with Crippen molar-refractivity contribution < 1.29 is 5.11 Å². The number of rotatable bonds is 5. The van der Waals surface area contributed by atoms with Gasteiger partial charge >= 0.3 is 0 Å². The topological polar surface area (TPSA) is 51.1 Å². The van der Waals surface area contributed by atoms with Crippen LogP contribution in [-0.4, -0.2) is 72.3 Å². The Labute approximate surface area is 128 Å². The molecular formula is C16H30N4O. The van der Waals surface area contributed by atoms with Crippen LogP contribution in [0.15, 0.2) is 17.1 Å². The van der Waals surface area contributed by atoms with Crippen LogP contribution in [0.2, 0.25) is 0 Å². The summed E-state index contributed by atoms with van der Waals surface area (Å²) in [6.45, 7) is 8.85. The molecule has 0 amide bonds. The molecule has 5 nitrogen and oxygen atoms in total. The first kappa shape index (κ1) is 16.3. The summed E-state index contributed by atoms with van der Waals surface area (Å²) in [6, 6.07) is 0.620. The van der Waals surface area contributed by atoms with Gasteiger partial charge in [-0.15, -0.1) is 0 Å². The summed E-state index contributed by atoms with van der Waals surface area (Å²) < 4.78 is 0. The van der Waals surface area contributed by atoms with Crippen molar-refractivity contribution in [2.45, 2.75) is 44.8 Å². The van der Waals surface area contributed by atoms with Gasteiger partial charge in [-0.2, -0.15) is 0 Å². The van der Waals surface area contributed by atoms with Gasteiger partial charge in [0.05, 0.1) is 5.60 Å². The standard InChI is InChI=1S/C16H30N4O/c1-4-16(21,5-2)13-18-15(17-3)20-11-8-14(12-20)19-9-6-7-10-19/h6-7,14,21H,4-5,8-13H2,1-3H3,(H,17,18). The van der Waals surface area contributed by atoms with E-state index in [0.29, 0.717) is 12.6 Å². The third-order valence-electron chi connectivity index (χ3n) is 4.93. The molecule has 5 heteroatoms. The summed E-state index contributed by atoms with van der Waals surface area (Å²) in [5.41, 5.74) is -0.631. The molecule has 2 aliphatic heterocycles. The molecule has 0 radical (unpaired) electrons. The van der Waals surface area contributed by atoms with E-state index >= 15 is 0 Å². The maximum Gasteiger partial charge on any atom is 0.193 e. The molecule has 2 aliphatic rings. The Bertz CT molecular complexity index is 382. The predicted octanol–water partition coefficient (Wildman–Crippen LogP) is 1.06. The number of hydrogen-bond acceptors (Lipinski definition) is 3. The minimum Gasteiger partial charge on any atom is -0.388 e. The Hall–Kier alpha value is -1.07. The molecule has 0 spiro atoms. The molecule has 1 saturated heterocycles. The highest BCUT2D eigenvalue weighted by molar-refractivity contribution is 5.80. The van der Waals surface area contributed by atoms with Gasteiger partial charge in [0.15, 0.2) is 5.96 Å². The highest BCUT2D eigenvalue weighted by Gasteiger charge is 2.30. The second-order valence-electron chi connectivity index (χ2n) is 6.15. The quantitative estimate of drug-likeness (QED) is 0.452. The SMILES string of the molecule is CCC(O)(CC)CNC(=NC)N1CCC(N2CC=CC2)C1. The predicted molar refractivity (Wildman–Crippen MR) is 87.6 cm³/mol. The number of aliphatic imine (C=N–C) groups is 1. The van der Waals surface area contributed by atoms with Crippen LogP contribution in [0.3, 0.4) is 0 Å². The van der Waals surface area contributed by atoms with Crippen molar-refractivity contribution in [3.63, 3.8) is 0 Å². The van der Waals surface area contributed by atoms with Gasteiger partial charge < -0.3 is 15.3 Å². The van der Waals surface area contributed by atoms with E-state index in [4.69, 9.17) is 0 Å². The lowest BCUT2D eigenvalue weighted by Gasteiger charge is -2.29. The molecule has 1 fully saturated rings. The molecule has 1 atom stereocenters. The average molecular weight is 294 g/mol. The van der Waals surface area contributed by atoms with Crippen molar-refractivity contribution in [3.8, 4) is 0 Å². The summed E-state index contributed by atoms with van der Waals surface area (Å²) in [5.74, 6) is 0.921. The fourth-order valence-electron chi connectivity index (χ4n) is 3.10. The molecule has 21 heavy (non-hydrogen) atoms. The molecule has 0 aromatic rings. The summed E-state index contributed by atoms with van der Waals surface area (Å²) in [5, 5.41) is 13.7. The summed E-state index contributed by atoms with van der Waals surface area (Å²) in [6.07, 6.45) is 7.20. The van der Waals surface area contributed by atoms with Crippen molar-refractivity contribution in [1.29, 1.82) is 0 Å². The number of hydrogen-bond donors (Lipinski definition) is 2. The number of aliphatic hydroxyl groups is 1. The van der Waals surface area contributed by atoms with E-state index in [1.165, 1.54) is 6.42 Å². The van der Waals surface area contributed by atoms with Gasteiger partial charge in [0.2, 0.25) is 0 Å². The Morgan fingerprint density at radius 3 is 2.57 bits per heavy atom. The van der Waals surface area contributed by atoms with Crippen LogP contribution in [0.1, 0.15) is 33.1 Å². The minimum atomic E-state index is -0.631. The van der Waals surface area contributed by atoms with Crippen molar-refractivity contribution in [3.05, 3.63) is 12.2 Å². The van der Waals surface area contributed by atoms with Crippen LogP contribution in [-0.2, 0) is 0 Å². The number of nitrogens with zero attached hydrogens (tertiary/aromatic N) is 3. The molecule has 0 aromatic heterocycles. The Morgan fingerprint density at radius 2 is 2.00 bits per heavy atom. The Morgan fingerprint density at radius 1 is 1.33 bits per heavy atom. The van der Waals surface area contributed by atoms with Crippen molar-refractivity contribution >= 4 is 5.96 Å². The summed E-state index contributed by atoms with van der Waals surface area (Å²) >= 11 is 0. The van der Waals surface area contributed by atoms with Gasteiger partial charge in [-0.3, -0.25) is 9.89 Å². The Kier molecular flexibility index (Phi) is 5.65. The minimum absolute atomic E-state index is 0.569. The van der Waals surface area contributed by atoms with Crippen LogP contribution in [0.4, 0.5) is 0 Å². The van der Waals surface area contributed by atoms with E-state index in [0.717, 1.165) is 45.0 Å². The van der Waals surface area contributed by atoms with Crippen LogP contribution < -0.4 is 5.32 Å². The smallest absolute Gasteiger partial charge is 0.193 e. The molecule has 1 unspecified atom stereocenters. The normalized spacial score (nSPS) is 24.1. The van der Waals surface area contributed by atoms with Gasteiger partial charge in [-0.05, 0) is 19.3 Å². The monoisotopic (exact) mass is 294 g/mol. The fourth-order valence-corrected chi connectivity index (χ4v) is 3.10. The van der Waals surface area contributed by atoms with E-state index in [2.05, 4.69) is 32.3 Å². The molecule has 2 rings (SSSR count).